The topological polar surface area (TPSA) is 78.6 Å². The molecule has 0 spiro atoms. The van der Waals surface area contributed by atoms with Gasteiger partial charge in [0.1, 0.15) is 11.5 Å². The normalized spacial score (nSPS) is 11.3. The van der Waals surface area contributed by atoms with E-state index >= 15 is 0 Å². The molecular weight excluding hydrogens is 332 g/mol. The number of carbonyl (C=O) groups is 1. The van der Waals surface area contributed by atoms with Gasteiger partial charge in [-0.3, -0.25) is 0 Å². The molecule has 1 aromatic heterocycles. The minimum atomic E-state index is -0.589. The molecule has 0 aliphatic carbocycles. The van der Waals surface area contributed by atoms with E-state index in [2.05, 4.69) is 15.4 Å². The lowest BCUT2D eigenvalue weighted by atomic mass is 10.1. The standard InChI is InChI=1S/C19H18N4O3/c1-13-14(2)23(22-20-13)21-18(15-9-11-16(25-3)12-10-15)19(24)26-17-7-5-4-6-8-17/h4-12H,1-3H3/b21-18+. The van der Waals surface area contributed by atoms with E-state index in [1.54, 1.807) is 55.6 Å². The molecule has 0 atom stereocenters. The van der Waals surface area contributed by atoms with Gasteiger partial charge < -0.3 is 9.47 Å². The molecule has 0 fully saturated rings. The average molecular weight is 350 g/mol. The number of benzene rings is 2. The van der Waals surface area contributed by atoms with Crippen LogP contribution in [0.15, 0.2) is 59.7 Å². The van der Waals surface area contributed by atoms with Gasteiger partial charge in [0.25, 0.3) is 0 Å². The largest absolute Gasteiger partial charge is 0.497 e. The molecule has 132 valence electrons. The van der Waals surface area contributed by atoms with Gasteiger partial charge in [0.2, 0.25) is 0 Å². The number of methoxy groups -OCH3 is 1. The zero-order chi connectivity index (χ0) is 18.5. The molecule has 1 heterocycles. The second kappa shape index (κ2) is 7.60. The summed E-state index contributed by atoms with van der Waals surface area (Å²) in [6.07, 6.45) is 0. The van der Waals surface area contributed by atoms with Gasteiger partial charge in [-0.15, -0.1) is 15.0 Å². The highest BCUT2D eigenvalue weighted by Gasteiger charge is 2.19. The van der Waals surface area contributed by atoms with Gasteiger partial charge in [0.05, 0.1) is 18.5 Å². The zero-order valence-electron chi connectivity index (χ0n) is 14.7. The van der Waals surface area contributed by atoms with E-state index < -0.39 is 5.97 Å². The number of esters is 1. The Bertz CT molecular complexity index is 931. The van der Waals surface area contributed by atoms with Crippen molar-refractivity contribution in [3.05, 3.63) is 71.5 Å². The first-order chi connectivity index (χ1) is 12.6. The number of para-hydroxylation sites is 1. The predicted molar refractivity (Wildman–Crippen MR) is 96.5 cm³/mol. The van der Waals surface area contributed by atoms with E-state index in [1.165, 1.54) is 4.79 Å². The molecule has 7 heteroatoms. The third-order valence-corrected chi connectivity index (χ3v) is 3.81. The fourth-order valence-corrected chi connectivity index (χ4v) is 2.19. The summed E-state index contributed by atoms with van der Waals surface area (Å²) >= 11 is 0. The lowest BCUT2D eigenvalue weighted by Crippen LogP contribution is -2.23. The summed E-state index contributed by atoms with van der Waals surface area (Å²) in [5.41, 5.74) is 2.17. The van der Waals surface area contributed by atoms with Crippen molar-refractivity contribution in [2.24, 2.45) is 5.10 Å². The van der Waals surface area contributed by atoms with Crippen molar-refractivity contribution in [2.45, 2.75) is 13.8 Å². The van der Waals surface area contributed by atoms with Gasteiger partial charge in [-0.05, 0) is 55.5 Å². The van der Waals surface area contributed by atoms with Crippen molar-refractivity contribution in [3.8, 4) is 11.5 Å². The van der Waals surface area contributed by atoms with Crippen molar-refractivity contribution in [1.29, 1.82) is 0 Å². The molecule has 0 bridgehead atoms. The Hall–Kier alpha value is -3.48. The molecule has 7 nitrogen and oxygen atoms in total. The van der Waals surface area contributed by atoms with E-state index in [4.69, 9.17) is 9.47 Å². The summed E-state index contributed by atoms with van der Waals surface area (Å²) in [6, 6.07) is 15.8. The minimum Gasteiger partial charge on any atom is -0.497 e. The van der Waals surface area contributed by atoms with Crippen molar-refractivity contribution in [2.75, 3.05) is 7.11 Å². The molecule has 0 radical (unpaired) electrons. The van der Waals surface area contributed by atoms with E-state index in [-0.39, 0.29) is 5.71 Å². The van der Waals surface area contributed by atoms with Crippen molar-refractivity contribution in [1.82, 2.24) is 15.1 Å². The maximum absolute atomic E-state index is 12.7. The molecule has 0 aliphatic rings. The van der Waals surface area contributed by atoms with Crippen LogP contribution in [0.5, 0.6) is 11.5 Å². The lowest BCUT2D eigenvalue weighted by molar-refractivity contribution is -0.126. The van der Waals surface area contributed by atoms with Crippen LogP contribution in [0.1, 0.15) is 17.0 Å². The van der Waals surface area contributed by atoms with Crippen molar-refractivity contribution in [3.63, 3.8) is 0 Å². The van der Waals surface area contributed by atoms with Crippen LogP contribution in [0, 0.1) is 13.8 Å². The number of aryl methyl sites for hydroxylation is 1. The van der Waals surface area contributed by atoms with E-state index in [9.17, 15) is 4.79 Å². The lowest BCUT2D eigenvalue weighted by Gasteiger charge is -2.08. The minimum absolute atomic E-state index is 0.115. The van der Waals surface area contributed by atoms with Crippen LogP contribution in [0.3, 0.4) is 0 Å². The van der Waals surface area contributed by atoms with Crippen LogP contribution in [0.4, 0.5) is 0 Å². The summed E-state index contributed by atoms with van der Waals surface area (Å²) in [5, 5.41) is 12.3. The van der Waals surface area contributed by atoms with Gasteiger partial charge in [0.15, 0.2) is 5.71 Å². The fraction of sp³-hybridized carbons (Fsp3) is 0.158. The molecule has 0 aliphatic heterocycles. The summed E-state index contributed by atoms with van der Waals surface area (Å²) < 4.78 is 10.6. The maximum Gasteiger partial charge on any atom is 0.364 e. The highest BCUT2D eigenvalue weighted by molar-refractivity contribution is 6.43. The molecule has 26 heavy (non-hydrogen) atoms. The van der Waals surface area contributed by atoms with E-state index in [0.29, 0.717) is 17.1 Å². The second-order valence-corrected chi connectivity index (χ2v) is 5.53. The Labute approximate surface area is 150 Å². The second-order valence-electron chi connectivity index (χ2n) is 5.53. The van der Waals surface area contributed by atoms with E-state index in [0.717, 1.165) is 11.4 Å². The first kappa shape index (κ1) is 17.3. The van der Waals surface area contributed by atoms with Gasteiger partial charge >= 0.3 is 5.97 Å². The average Bonchev–Trinajstić information content (AvgIpc) is 2.99. The molecule has 0 saturated heterocycles. The van der Waals surface area contributed by atoms with Crippen LogP contribution in [-0.2, 0) is 4.79 Å². The fourth-order valence-electron chi connectivity index (χ4n) is 2.19. The monoisotopic (exact) mass is 350 g/mol. The Balaban J connectivity index is 2.00. The number of rotatable bonds is 5. The smallest absolute Gasteiger partial charge is 0.364 e. The highest BCUT2D eigenvalue weighted by atomic mass is 16.5. The molecule has 3 rings (SSSR count). The van der Waals surface area contributed by atoms with Gasteiger partial charge in [-0.2, -0.15) is 0 Å². The van der Waals surface area contributed by atoms with Gasteiger partial charge in [-0.25, -0.2) is 4.79 Å². The van der Waals surface area contributed by atoms with Crippen LogP contribution in [-0.4, -0.2) is 33.9 Å². The van der Waals surface area contributed by atoms with Crippen LogP contribution in [0.2, 0.25) is 0 Å². The summed E-state index contributed by atoms with van der Waals surface area (Å²) in [6.45, 7) is 3.65. The SMILES string of the molecule is COc1ccc(/C(=N\n2nnc(C)c2C)C(=O)Oc2ccccc2)cc1. The third-order valence-electron chi connectivity index (χ3n) is 3.81. The Morgan fingerprint density at radius 2 is 1.69 bits per heavy atom. The van der Waals surface area contributed by atoms with E-state index in [1.807, 2.05) is 19.9 Å². The molecule has 3 aromatic rings. The summed E-state index contributed by atoms with van der Waals surface area (Å²) in [5.74, 6) is 0.524. The maximum atomic E-state index is 12.7. The number of hydrogen-bond donors (Lipinski definition) is 0. The third kappa shape index (κ3) is 3.77. The highest BCUT2D eigenvalue weighted by Crippen LogP contribution is 2.15. The predicted octanol–water partition coefficient (Wildman–Crippen LogP) is 2.76. The molecule has 0 amide bonds. The molecule has 2 aromatic carbocycles. The van der Waals surface area contributed by atoms with Crippen molar-refractivity contribution < 1.29 is 14.3 Å². The number of ether oxygens (including phenoxy) is 2. The molecular formula is C19H18N4O3. The Morgan fingerprint density at radius 1 is 1.00 bits per heavy atom. The zero-order valence-corrected chi connectivity index (χ0v) is 14.7. The quantitative estimate of drug-likeness (QED) is 0.402. The summed E-state index contributed by atoms with van der Waals surface area (Å²) in [4.78, 5) is 14.1. The van der Waals surface area contributed by atoms with Crippen LogP contribution in [0.25, 0.3) is 0 Å². The molecule has 0 saturated carbocycles. The Morgan fingerprint density at radius 3 is 2.27 bits per heavy atom. The van der Waals surface area contributed by atoms with Gasteiger partial charge in [0, 0.05) is 5.56 Å². The molecule has 0 N–H and O–H groups in total. The summed E-state index contributed by atoms with van der Waals surface area (Å²) in [7, 11) is 1.58. The molecule has 0 unspecified atom stereocenters. The van der Waals surface area contributed by atoms with Crippen LogP contribution >= 0.6 is 0 Å². The number of nitrogens with zero attached hydrogens (tertiary/aromatic N) is 4. The number of carbonyl (C=O) groups excluding carboxylic acids is 1. The van der Waals surface area contributed by atoms with Gasteiger partial charge in [-0.1, -0.05) is 18.2 Å². The number of hydrogen-bond acceptors (Lipinski definition) is 6. The first-order valence-corrected chi connectivity index (χ1v) is 7.98. The van der Waals surface area contributed by atoms with Crippen LogP contribution < -0.4 is 9.47 Å². The number of aromatic nitrogens is 3. The first-order valence-electron chi connectivity index (χ1n) is 7.98. The van der Waals surface area contributed by atoms with Crippen molar-refractivity contribution >= 4 is 11.7 Å². The Kier molecular flexibility index (Phi) is 5.07.